The molecule has 0 spiro atoms. The van der Waals surface area contributed by atoms with Crippen LogP contribution in [0.15, 0.2) is 57.9 Å². The third kappa shape index (κ3) is 5.35. The molecule has 1 N–H and O–H groups in total. The molecule has 2 heterocycles. The van der Waals surface area contributed by atoms with Gasteiger partial charge in [-0.3, -0.25) is 4.79 Å². The highest BCUT2D eigenvalue weighted by atomic mass is 35.5. The standard InChI is InChI=1S/C22H23ClN4O5S/c1-31-18-5-7-19(8-6-18)33(29,30)27-11-9-15(10-12-27)22(28)24-14-20-25-21(26-32-20)16-3-2-4-17(23)13-16/h2-8,13,15H,9-12,14H2,1H3,(H,24,28). The normalized spacial score (nSPS) is 15.3. The van der Waals surface area contributed by atoms with Crippen molar-refractivity contribution in [1.82, 2.24) is 19.8 Å². The Labute approximate surface area is 196 Å². The van der Waals surface area contributed by atoms with Crippen molar-refractivity contribution >= 4 is 27.5 Å². The Hall–Kier alpha value is -2.95. The number of sulfonamides is 1. The van der Waals surface area contributed by atoms with E-state index in [9.17, 15) is 13.2 Å². The van der Waals surface area contributed by atoms with Gasteiger partial charge in [0, 0.05) is 29.6 Å². The van der Waals surface area contributed by atoms with E-state index in [-0.39, 0.29) is 42.2 Å². The van der Waals surface area contributed by atoms with Crippen molar-refractivity contribution in [1.29, 1.82) is 0 Å². The van der Waals surface area contributed by atoms with Gasteiger partial charge in [-0.2, -0.15) is 9.29 Å². The summed E-state index contributed by atoms with van der Waals surface area (Å²) < 4.78 is 37.4. The lowest BCUT2D eigenvalue weighted by molar-refractivity contribution is -0.126. The minimum absolute atomic E-state index is 0.0940. The van der Waals surface area contributed by atoms with E-state index < -0.39 is 10.0 Å². The number of halogens is 1. The zero-order valence-electron chi connectivity index (χ0n) is 17.9. The lowest BCUT2D eigenvalue weighted by Gasteiger charge is -2.30. The molecule has 1 amide bonds. The molecule has 11 heteroatoms. The van der Waals surface area contributed by atoms with Gasteiger partial charge < -0.3 is 14.6 Å². The molecule has 0 saturated carbocycles. The molecule has 3 aromatic rings. The number of nitrogens with zero attached hydrogens (tertiary/aromatic N) is 3. The van der Waals surface area contributed by atoms with Crippen LogP contribution in [-0.2, 0) is 21.4 Å². The van der Waals surface area contributed by atoms with Crippen molar-refractivity contribution in [2.24, 2.45) is 5.92 Å². The third-order valence-corrected chi connectivity index (χ3v) is 7.63. The molecule has 9 nitrogen and oxygen atoms in total. The number of ether oxygens (including phenoxy) is 1. The molecule has 1 aliphatic rings. The van der Waals surface area contributed by atoms with Gasteiger partial charge in [0.15, 0.2) is 0 Å². The minimum Gasteiger partial charge on any atom is -0.497 e. The predicted octanol–water partition coefficient (Wildman–Crippen LogP) is 3.12. The summed E-state index contributed by atoms with van der Waals surface area (Å²) in [5, 5.41) is 7.28. The molecule has 1 fully saturated rings. The maximum atomic E-state index is 12.9. The fourth-order valence-corrected chi connectivity index (χ4v) is 5.29. The lowest BCUT2D eigenvalue weighted by Crippen LogP contribution is -2.42. The van der Waals surface area contributed by atoms with Crippen molar-refractivity contribution in [3.05, 3.63) is 59.4 Å². The van der Waals surface area contributed by atoms with Gasteiger partial charge in [0.2, 0.25) is 27.6 Å². The van der Waals surface area contributed by atoms with Gasteiger partial charge in [0.1, 0.15) is 5.75 Å². The number of rotatable bonds is 7. The van der Waals surface area contributed by atoms with E-state index in [2.05, 4.69) is 15.5 Å². The number of hydrogen-bond acceptors (Lipinski definition) is 7. The zero-order valence-corrected chi connectivity index (χ0v) is 19.5. The summed E-state index contributed by atoms with van der Waals surface area (Å²) in [6, 6.07) is 13.3. The second-order valence-corrected chi connectivity index (χ2v) is 9.97. The summed E-state index contributed by atoms with van der Waals surface area (Å²) in [4.78, 5) is 17.1. The van der Waals surface area contributed by atoms with Crippen molar-refractivity contribution in [3.63, 3.8) is 0 Å². The molecule has 0 bridgehead atoms. The SMILES string of the molecule is COc1ccc(S(=O)(=O)N2CCC(C(=O)NCc3nc(-c4cccc(Cl)c4)no3)CC2)cc1. The summed E-state index contributed by atoms with van der Waals surface area (Å²) in [6.07, 6.45) is 0.859. The fourth-order valence-electron chi connectivity index (χ4n) is 3.63. The maximum absolute atomic E-state index is 12.9. The number of aromatic nitrogens is 2. The minimum atomic E-state index is -3.61. The Morgan fingerprint density at radius 1 is 1.21 bits per heavy atom. The molecule has 2 aromatic carbocycles. The molecule has 4 rings (SSSR count). The third-order valence-electron chi connectivity index (χ3n) is 5.49. The second kappa shape index (κ2) is 9.90. The van der Waals surface area contributed by atoms with Gasteiger partial charge in [-0.05, 0) is 49.2 Å². The smallest absolute Gasteiger partial charge is 0.246 e. The van der Waals surface area contributed by atoms with Crippen LogP contribution in [0.2, 0.25) is 5.02 Å². The van der Waals surface area contributed by atoms with Gasteiger partial charge in [-0.15, -0.1) is 0 Å². The number of piperidine rings is 1. The van der Waals surface area contributed by atoms with Crippen molar-refractivity contribution in [2.45, 2.75) is 24.3 Å². The average molecular weight is 491 g/mol. The largest absolute Gasteiger partial charge is 0.497 e. The van der Waals surface area contributed by atoms with Crippen LogP contribution in [0.1, 0.15) is 18.7 Å². The topological polar surface area (TPSA) is 115 Å². The van der Waals surface area contributed by atoms with Crippen LogP contribution in [0, 0.1) is 5.92 Å². The zero-order chi connectivity index (χ0) is 23.4. The molecule has 0 atom stereocenters. The Morgan fingerprint density at radius 2 is 1.94 bits per heavy atom. The van der Waals surface area contributed by atoms with Crippen molar-refractivity contribution < 1.29 is 22.5 Å². The van der Waals surface area contributed by atoms with Gasteiger partial charge in [0.25, 0.3) is 0 Å². The van der Waals surface area contributed by atoms with E-state index in [0.29, 0.717) is 35.0 Å². The van der Waals surface area contributed by atoms with Crippen LogP contribution >= 0.6 is 11.6 Å². The molecule has 1 aliphatic heterocycles. The predicted molar refractivity (Wildman–Crippen MR) is 121 cm³/mol. The number of carbonyl (C=O) groups is 1. The molecule has 33 heavy (non-hydrogen) atoms. The summed E-state index contributed by atoms with van der Waals surface area (Å²) in [6.45, 7) is 0.634. The van der Waals surface area contributed by atoms with Crippen LogP contribution in [0.25, 0.3) is 11.4 Å². The molecule has 1 aromatic heterocycles. The molecular formula is C22H23ClN4O5S. The van der Waals surface area contributed by atoms with E-state index in [1.165, 1.54) is 23.5 Å². The first-order chi connectivity index (χ1) is 15.9. The van der Waals surface area contributed by atoms with Crippen LogP contribution in [-0.4, -0.2) is 49.0 Å². The van der Waals surface area contributed by atoms with Gasteiger partial charge in [-0.1, -0.05) is 28.9 Å². The Morgan fingerprint density at radius 3 is 2.61 bits per heavy atom. The lowest BCUT2D eigenvalue weighted by atomic mass is 9.97. The Kier molecular flexibility index (Phi) is 6.96. The highest BCUT2D eigenvalue weighted by molar-refractivity contribution is 7.89. The van der Waals surface area contributed by atoms with Crippen LogP contribution in [0.3, 0.4) is 0 Å². The van der Waals surface area contributed by atoms with E-state index in [4.69, 9.17) is 20.9 Å². The number of amides is 1. The van der Waals surface area contributed by atoms with E-state index >= 15 is 0 Å². The fraction of sp³-hybridized carbons (Fsp3) is 0.318. The van der Waals surface area contributed by atoms with Gasteiger partial charge >= 0.3 is 0 Å². The summed E-state index contributed by atoms with van der Waals surface area (Å²) in [5.41, 5.74) is 0.717. The summed E-state index contributed by atoms with van der Waals surface area (Å²) in [7, 11) is -2.09. The summed E-state index contributed by atoms with van der Waals surface area (Å²) >= 11 is 5.99. The number of methoxy groups -OCH3 is 1. The average Bonchev–Trinajstić information content (AvgIpc) is 3.32. The number of hydrogen-bond donors (Lipinski definition) is 1. The van der Waals surface area contributed by atoms with E-state index in [1.54, 1.807) is 30.3 Å². The van der Waals surface area contributed by atoms with E-state index in [1.807, 2.05) is 6.07 Å². The number of benzene rings is 2. The first-order valence-electron chi connectivity index (χ1n) is 10.4. The van der Waals surface area contributed by atoms with Crippen LogP contribution in [0.5, 0.6) is 5.75 Å². The van der Waals surface area contributed by atoms with Crippen molar-refractivity contribution in [3.8, 4) is 17.1 Å². The number of nitrogens with one attached hydrogen (secondary N) is 1. The second-order valence-electron chi connectivity index (χ2n) is 7.59. The molecular weight excluding hydrogens is 468 g/mol. The Balaban J connectivity index is 1.30. The first kappa shape index (κ1) is 23.2. The monoisotopic (exact) mass is 490 g/mol. The Bertz CT molecular complexity index is 1220. The van der Waals surface area contributed by atoms with Crippen LogP contribution < -0.4 is 10.1 Å². The maximum Gasteiger partial charge on any atom is 0.246 e. The first-order valence-corrected chi connectivity index (χ1v) is 12.2. The molecule has 1 saturated heterocycles. The van der Waals surface area contributed by atoms with Gasteiger partial charge in [0.05, 0.1) is 18.6 Å². The highest BCUT2D eigenvalue weighted by Crippen LogP contribution is 2.25. The van der Waals surface area contributed by atoms with Gasteiger partial charge in [-0.25, -0.2) is 8.42 Å². The summed E-state index contributed by atoms with van der Waals surface area (Å²) in [5.74, 6) is 0.795. The quantitative estimate of drug-likeness (QED) is 0.541. The van der Waals surface area contributed by atoms with Crippen LogP contribution in [0.4, 0.5) is 0 Å². The van der Waals surface area contributed by atoms with E-state index in [0.717, 1.165) is 0 Å². The molecule has 0 radical (unpaired) electrons. The molecule has 174 valence electrons. The molecule has 0 unspecified atom stereocenters. The highest BCUT2D eigenvalue weighted by Gasteiger charge is 2.32. The molecule has 0 aliphatic carbocycles. The van der Waals surface area contributed by atoms with Crippen molar-refractivity contribution in [2.75, 3.05) is 20.2 Å². The number of carbonyl (C=O) groups excluding carboxylic acids is 1.